The predicted octanol–water partition coefficient (Wildman–Crippen LogP) is 2.30. The highest BCUT2D eigenvalue weighted by Crippen LogP contribution is 2.29. The maximum Gasteiger partial charge on any atom is 0.279 e. The van der Waals surface area contributed by atoms with Crippen LogP contribution in [-0.4, -0.2) is 61.2 Å². The molecule has 9 nitrogen and oxygen atoms in total. The lowest BCUT2D eigenvalue weighted by molar-refractivity contribution is 0.187. The van der Waals surface area contributed by atoms with E-state index in [1.165, 1.54) is 0 Å². The van der Waals surface area contributed by atoms with Crippen molar-refractivity contribution in [1.82, 2.24) is 33.8 Å². The molecule has 0 radical (unpaired) electrons. The number of aromatic nitrogens is 6. The number of hydrogen-bond donors (Lipinski definition) is 0. The van der Waals surface area contributed by atoms with Gasteiger partial charge in [-0.05, 0) is 38.6 Å². The van der Waals surface area contributed by atoms with E-state index >= 15 is 0 Å². The van der Waals surface area contributed by atoms with E-state index in [1.807, 2.05) is 18.3 Å². The Labute approximate surface area is 177 Å². The van der Waals surface area contributed by atoms with E-state index in [1.54, 1.807) is 33.2 Å². The molecule has 1 aromatic carbocycles. The van der Waals surface area contributed by atoms with E-state index in [4.69, 9.17) is 16.3 Å². The van der Waals surface area contributed by atoms with Crippen LogP contribution in [-0.2, 0) is 11.3 Å². The van der Waals surface area contributed by atoms with Crippen molar-refractivity contribution in [2.75, 3.05) is 27.3 Å². The summed E-state index contributed by atoms with van der Waals surface area (Å²) < 4.78 is 10.2. The number of ether oxygens (including phenoxy) is 1. The Bertz CT molecular complexity index is 1290. The Morgan fingerprint density at radius 2 is 2.17 bits per heavy atom. The summed E-state index contributed by atoms with van der Waals surface area (Å²) in [7, 11) is 3.70. The molecule has 1 atom stereocenters. The number of imidazole rings is 1. The number of likely N-dealkylation sites (tertiary alicyclic amines) is 1. The zero-order valence-electron chi connectivity index (χ0n) is 16.8. The van der Waals surface area contributed by atoms with Gasteiger partial charge in [-0.25, -0.2) is 4.98 Å². The van der Waals surface area contributed by atoms with Crippen LogP contribution in [0.4, 0.5) is 0 Å². The lowest BCUT2D eigenvalue weighted by Gasteiger charge is -2.15. The molecule has 4 aromatic rings. The van der Waals surface area contributed by atoms with Crippen molar-refractivity contribution >= 4 is 28.2 Å². The van der Waals surface area contributed by atoms with Gasteiger partial charge in [0.1, 0.15) is 12.0 Å². The normalized spacial score (nSPS) is 17.5. The number of methoxy groups -OCH3 is 1. The van der Waals surface area contributed by atoms with Crippen molar-refractivity contribution in [3.05, 3.63) is 51.8 Å². The van der Waals surface area contributed by atoms with E-state index in [0.717, 1.165) is 30.6 Å². The highest BCUT2D eigenvalue weighted by atomic mass is 35.5. The van der Waals surface area contributed by atoms with E-state index < -0.39 is 0 Å². The first-order chi connectivity index (χ1) is 14.6. The van der Waals surface area contributed by atoms with Crippen LogP contribution in [0, 0.1) is 0 Å². The Morgan fingerprint density at radius 3 is 2.93 bits per heavy atom. The Hall–Kier alpha value is -2.75. The molecule has 1 saturated heterocycles. The van der Waals surface area contributed by atoms with Gasteiger partial charge < -0.3 is 9.30 Å². The van der Waals surface area contributed by atoms with Crippen LogP contribution >= 0.6 is 11.6 Å². The molecule has 5 rings (SSSR count). The summed E-state index contributed by atoms with van der Waals surface area (Å²) >= 11 is 6.46. The lowest BCUT2D eigenvalue weighted by atomic mass is 10.2. The Morgan fingerprint density at radius 1 is 1.30 bits per heavy atom. The fourth-order valence-corrected chi connectivity index (χ4v) is 4.57. The maximum atomic E-state index is 13.5. The molecule has 3 aromatic heterocycles. The minimum absolute atomic E-state index is 0.199. The molecule has 156 valence electrons. The zero-order chi connectivity index (χ0) is 20.8. The SMILES string of the molecule is COCCn1c(=O)c2c(-n3cc(C4CCCN4C)nn3)ncn2c2cccc(Cl)c21. The molecular formula is C20H22ClN7O2. The minimum Gasteiger partial charge on any atom is -0.383 e. The molecule has 10 heteroatoms. The molecule has 0 amide bonds. The summed E-state index contributed by atoms with van der Waals surface area (Å²) in [6, 6.07) is 5.80. The van der Waals surface area contributed by atoms with Gasteiger partial charge in [-0.3, -0.25) is 14.1 Å². The Balaban J connectivity index is 1.72. The fraction of sp³-hybridized carbons (Fsp3) is 0.400. The molecule has 1 unspecified atom stereocenters. The maximum absolute atomic E-state index is 13.5. The lowest BCUT2D eigenvalue weighted by Crippen LogP contribution is -2.25. The third-order valence-electron chi connectivity index (χ3n) is 5.80. The van der Waals surface area contributed by atoms with Crippen molar-refractivity contribution in [2.45, 2.75) is 25.4 Å². The van der Waals surface area contributed by atoms with Gasteiger partial charge in [0, 0.05) is 13.7 Å². The highest BCUT2D eigenvalue weighted by Gasteiger charge is 2.26. The molecule has 0 N–H and O–H groups in total. The topological polar surface area (TPSA) is 82.5 Å². The van der Waals surface area contributed by atoms with Gasteiger partial charge in [0.15, 0.2) is 11.3 Å². The van der Waals surface area contributed by atoms with Crippen LogP contribution in [0.2, 0.25) is 5.02 Å². The third kappa shape index (κ3) is 2.92. The summed E-state index contributed by atoms with van der Waals surface area (Å²) in [5.41, 5.74) is 2.57. The third-order valence-corrected chi connectivity index (χ3v) is 6.10. The van der Waals surface area contributed by atoms with Crippen molar-refractivity contribution in [3.63, 3.8) is 0 Å². The molecule has 1 fully saturated rings. The summed E-state index contributed by atoms with van der Waals surface area (Å²) in [6.07, 6.45) is 5.69. The van der Waals surface area contributed by atoms with E-state index in [2.05, 4.69) is 27.2 Å². The number of para-hydroxylation sites is 1. The average Bonchev–Trinajstić information content (AvgIpc) is 3.47. The van der Waals surface area contributed by atoms with Crippen LogP contribution in [0.5, 0.6) is 0 Å². The first-order valence-electron chi connectivity index (χ1n) is 9.90. The fourth-order valence-electron chi connectivity index (χ4n) is 4.30. The molecule has 4 heterocycles. The molecule has 0 spiro atoms. The first-order valence-corrected chi connectivity index (χ1v) is 10.3. The number of halogens is 1. The molecule has 0 bridgehead atoms. The summed E-state index contributed by atoms with van der Waals surface area (Å²) in [6.45, 7) is 1.81. The zero-order valence-corrected chi connectivity index (χ0v) is 17.6. The van der Waals surface area contributed by atoms with Gasteiger partial charge in [0.05, 0.1) is 34.9 Å². The Kier molecular flexibility index (Phi) is 4.80. The molecule has 0 saturated carbocycles. The number of fused-ring (bicyclic) bond motifs is 3. The van der Waals surface area contributed by atoms with Gasteiger partial charge in [0.2, 0.25) is 0 Å². The van der Waals surface area contributed by atoms with Crippen LogP contribution in [0.3, 0.4) is 0 Å². The number of nitrogens with zero attached hydrogens (tertiary/aromatic N) is 7. The first kappa shape index (κ1) is 19.2. The van der Waals surface area contributed by atoms with E-state index in [9.17, 15) is 4.79 Å². The van der Waals surface area contributed by atoms with Crippen molar-refractivity contribution in [2.24, 2.45) is 0 Å². The second-order valence-electron chi connectivity index (χ2n) is 7.57. The number of rotatable bonds is 5. The summed E-state index contributed by atoms with van der Waals surface area (Å²) in [5.74, 6) is 0.451. The largest absolute Gasteiger partial charge is 0.383 e. The second kappa shape index (κ2) is 7.50. The molecule has 1 aliphatic heterocycles. The van der Waals surface area contributed by atoms with Gasteiger partial charge in [-0.1, -0.05) is 22.9 Å². The van der Waals surface area contributed by atoms with Gasteiger partial charge >= 0.3 is 0 Å². The van der Waals surface area contributed by atoms with Crippen molar-refractivity contribution < 1.29 is 4.74 Å². The molecule has 30 heavy (non-hydrogen) atoms. The van der Waals surface area contributed by atoms with Crippen LogP contribution < -0.4 is 5.56 Å². The van der Waals surface area contributed by atoms with E-state index in [-0.39, 0.29) is 11.6 Å². The minimum atomic E-state index is -0.199. The number of benzene rings is 1. The van der Waals surface area contributed by atoms with Crippen molar-refractivity contribution in [3.8, 4) is 5.82 Å². The second-order valence-corrected chi connectivity index (χ2v) is 7.98. The molecular weight excluding hydrogens is 406 g/mol. The monoisotopic (exact) mass is 427 g/mol. The number of hydrogen-bond acceptors (Lipinski definition) is 6. The van der Waals surface area contributed by atoms with Gasteiger partial charge in [-0.2, -0.15) is 4.68 Å². The predicted molar refractivity (Wildman–Crippen MR) is 113 cm³/mol. The van der Waals surface area contributed by atoms with Crippen molar-refractivity contribution in [1.29, 1.82) is 0 Å². The van der Waals surface area contributed by atoms with Crippen LogP contribution in [0.1, 0.15) is 24.6 Å². The van der Waals surface area contributed by atoms with Crippen LogP contribution in [0.25, 0.3) is 22.4 Å². The molecule has 1 aliphatic rings. The summed E-state index contributed by atoms with van der Waals surface area (Å²) in [5, 5.41) is 9.15. The van der Waals surface area contributed by atoms with Gasteiger partial charge in [0.25, 0.3) is 5.56 Å². The van der Waals surface area contributed by atoms with E-state index in [0.29, 0.717) is 35.0 Å². The molecule has 0 aliphatic carbocycles. The smallest absolute Gasteiger partial charge is 0.279 e. The standard InChI is InChI=1S/C20H22ClN7O2/c1-25-8-4-7-15(25)14-11-28(24-23-14)19-18-20(29)26(9-10-30-2)17-13(21)5-3-6-16(17)27(18)12-22-19/h3,5-6,11-12,15H,4,7-10H2,1-2H3. The highest BCUT2D eigenvalue weighted by molar-refractivity contribution is 6.35. The average molecular weight is 428 g/mol. The quantitative estimate of drug-likeness (QED) is 0.486. The summed E-state index contributed by atoms with van der Waals surface area (Å²) in [4.78, 5) is 20.3. The van der Waals surface area contributed by atoms with Gasteiger partial charge in [-0.15, -0.1) is 5.10 Å². The van der Waals surface area contributed by atoms with Crippen LogP contribution in [0.15, 0.2) is 35.5 Å².